The number of phenols is 1. The van der Waals surface area contributed by atoms with Crippen molar-refractivity contribution < 1.29 is 9.50 Å². The molecule has 0 unspecified atom stereocenters. The van der Waals surface area contributed by atoms with Gasteiger partial charge in [-0.3, -0.25) is 0 Å². The van der Waals surface area contributed by atoms with Crippen LogP contribution in [0.15, 0.2) is 36.4 Å². The number of aromatic hydroxyl groups is 1. The van der Waals surface area contributed by atoms with Crippen LogP contribution in [0.3, 0.4) is 0 Å². The number of fused-ring (bicyclic) bond motifs is 1. The minimum atomic E-state index is -0.256. The summed E-state index contributed by atoms with van der Waals surface area (Å²) < 4.78 is 12.7. The first-order valence-corrected chi connectivity index (χ1v) is 3.64. The molecule has 0 radical (unpaired) electrons. The predicted octanol–water partition coefficient (Wildman–Crippen LogP) is 2.68. The van der Waals surface area contributed by atoms with E-state index in [1.54, 1.807) is 24.3 Å². The molecule has 0 amide bonds. The maximum Gasteiger partial charge on any atom is 0.123 e. The zero-order chi connectivity index (χ0) is 8.55. The van der Waals surface area contributed by atoms with Crippen LogP contribution in [0.2, 0.25) is 0 Å². The molecule has 0 bridgehead atoms. The van der Waals surface area contributed by atoms with E-state index in [9.17, 15) is 4.39 Å². The lowest BCUT2D eigenvalue weighted by molar-refractivity contribution is 0.476. The molecule has 2 aromatic rings. The monoisotopic (exact) mass is 162 g/mol. The Balaban J connectivity index is 2.79. The molecule has 0 spiro atoms. The van der Waals surface area contributed by atoms with Gasteiger partial charge >= 0.3 is 0 Å². The molecule has 2 heteroatoms. The highest BCUT2D eigenvalue weighted by Gasteiger charge is 1.95. The normalized spacial score (nSPS) is 10.4. The molecular weight excluding hydrogens is 155 g/mol. The summed E-state index contributed by atoms with van der Waals surface area (Å²) in [6.45, 7) is 0. The predicted molar refractivity (Wildman–Crippen MR) is 45.6 cm³/mol. The first-order valence-electron chi connectivity index (χ1n) is 3.64. The number of benzene rings is 2. The molecule has 2 rings (SSSR count). The Labute approximate surface area is 69.1 Å². The van der Waals surface area contributed by atoms with Gasteiger partial charge in [0.2, 0.25) is 0 Å². The molecule has 1 N–H and O–H groups in total. The molecule has 60 valence electrons. The van der Waals surface area contributed by atoms with E-state index in [1.807, 2.05) is 0 Å². The highest BCUT2D eigenvalue weighted by atomic mass is 19.1. The standard InChI is InChI=1S/C10H7FO/c11-9-3-1-8-6-10(12)4-2-7(8)5-9/h1-6,12H. The second-order valence-corrected chi connectivity index (χ2v) is 2.68. The summed E-state index contributed by atoms with van der Waals surface area (Å²) >= 11 is 0. The average Bonchev–Trinajstić information content (AvgIpc) is 2.05. The van der Waals surface area contributed by atoms with Crippen molar-refractivity contribution >= 4 is 10.8 Å². The van der Waals surface area contributed by atoms with E-state index in [2.05, 4.69) is 0 Å². The second-order valence-electron chi connectivity index (χ2n) is 2.68. The van der Waals surface area contributed by atoms with E-state index >= 15 is 0 Å². The molecular formula is C10H7FO. The van der Waals surface area contributed by atoms with E-state index in [1.165, 1.54) is 12.1 Å². The third-order valence-corrected chi connectivity index (χ3v) is 1.79. The second kappa shape index (κ2) is 2.48. The third kappa shape index (κ3) is 1.11. The summed E-state index contributed by atoms with van der Waals surface area (Å²) in [7, 11) is 0. The Morgan fingerprint density at radius 1 is 0.917 bits per heavy atom. The van der Waals surface area contributed by atoms with Gasteiger partial charge in [-0.1, -0.05) is 12.1 Å². The van der Waals surface area contributed by atoms with Gasteiger partial charge < -0.3 is 5.11 Å². The van der Waals surface area contributed by atoms with Crippen molar-refractivity contribution in [2.45, 2.75) is 0 Å². The van der Waals surface area contributed by atoms with E-state index in [0.29, 0.717) is 0 Å². The molecule has 0 heterocycles. The van der Waals surface area contributed by atoms with Gasteiger partial charge in [0.05, 0.1) is 0 Å². The summed E-state index contributed by atoms with van der Waals surface area (Å²) in [6, 6.07) is 9.30. The van der Waals surface area contributed by atoms with Gasteiger partial charge in [0.1, 0.15) is 11.6 Å². The largest absolute Gasteiger partial charge is 0.508 e. The molecule has 0 aliphatic heterocycles. The Hall–Kier alpha value is -1.57. The van der Waals surface area contributed by atoms with Gasteiger partial charge in [0.15, 0.2) is 0 Å². The first kappa shape index (κ1) is 7.10. The minimum absolute atomic E-state index is 0.203. The van der Waals surface area contributed by atoms with E-state index in [-0.39, 0.29) is 11.6 Å². The zero-order valence-corrected chi connectivity index (χ0v) is 6.29. The maximum absolute atomic E-state index is 12.7. The van der Waals surface area contributed by atoms with Gasteiger partial charge in [-0.25, -0.2) is 4.39 Å². The van der Waals surface area contributed by atoms with Crippen LogP contribution < -0.4 is 0 Å². The van der Waals surface area contributed by atoms with E-state index in [4.69, 9.17) is 5.11 Å². The van der Waals surface area contributed by atoms with Crippen molar-refractivity contribution in [2.24, 2.45) is 0 Å². The lowest BCUT2D eigenvalue weighted by atomic mass is 10.1. The highest BCUT2D eigenvalue weighted by Crippen LogP contribution is 2.20. The summed E-state index contributed by atoms with van der Waals surface area (Å²) in [5, 5.41) is 10.7. The number of hydrogen-bond donors (Lipinski definition) is 1. The lowest BCUT2D eigenvalue weighted by Gasteiger charge is -1.97. The summed E-state index contributed by atoms with van der Waals surface area (Å²) in [4.78, 5) is 0. The minimum Gasteiger partial charge on any atom is -0.508 e. The van der Waals surface area contributed by atoms with Crippen molar-refractivity contribution in [1.29, 1.82) is 0 Å². The third-order valence-electron chi connectivity index (χ3n) is 1.79. The fourth-order valence-corrected chi connectivity index (χ4v) is 1.20. The van der Waals surface area contributed by atoms with Crippen LogP contribution in [0.4, 0.5) is 4.39 Å². The highest BCUT2D eigenvalue weighted by molar-refractivity contribution is 5.83. The molecule has 2 aromatic carbocycles. The Morgan fingerprint density at radius 3 is 2.42 bits per heavy atom. The fraction of sp³-hybridized carbons (Fsp3) is 0. The Kier molecular flexibility index (Phi) is 1.47. The molecule has 12 heavy (non-hydrogen) atoms. The lowest BCUT2D eigenvalue weighted by Crippen LogP contribution is -1.75. The SMILES string of the molecule is Oc1ccc2cc(F)ccc2c1. The molecule has 0 atom stereocenters. The zero-order valence-electron chi connectivity index (χ0n) is 6.29. The van der Waals surface area contributed by atoms with Gasteiger partial charge in [0.25, 0.3) is 0 Å². The van der Waals surface area contributed by atoms with Crippen LogP contribution in [0, 0.1) is 5.82 Å². The maximum atomic E-state index is 12.7. The van der Waals surface area contributed by atoms with Crippen molar-refractivity contribution in [2.75, 3.05) is 0 Å². The van der Waals surface area contributed by atoms with Gasteiger partial charge in [-0.2, -0.15) is 0 Å². The van der Waals surface area contributed by atoms with E-state index in [0.717, 1.165) is 10.8 Å². The van der Waals surface area contributed by atoms with Crippen molar-refractivity contribution in [3.05, 3.63) is 42.2 Å². The van der Waals surface area contributed by atoms with Crippen LogP contribution in [-0.2, 0) is 0 Å². The van der Waals surface area contributed by atoms with Crippen LogP contribution in [0.25, 0.3) is 10.8 Å². The van der Waals surface area contributed by atoms with Gasteiger partial charge in [-0.05, 0) is 35.0 Å². The Bertz CT molecular complexity index is 382. The quantitative estimate of drug-likeness (QED) is 0.631. The molecule has 1 nitrogen and oxygen atoms in total. The number of halogens is 1. The van der Waals surface area contributed by atoms with Crippen molar-refractivity contribution in [1.82, 2.24) is 0 Å². The van der Waals surface area contributed by atoms with Crippen LogP contribution in [-0.4, -0.2) is 5.11 Å². The molecule has 0 saturated heterocycles. The Morgan fingerprint density at radius 2 is 1.58 bits per heavy atom. The summed E-state index contributed by atoms with van der Waals surface area (Å²) in [5.41, 5.74) is 0. The van der Waals surface area contributed by atoms with Gasteiger partial charge in [-0.15, -0.1) is 0 Å². The van der Waals surface area contributed by atoms with Crippen LogP contribution in [0.5, 0.6) is 5.75 Å². The number of hydrogen-bond acceptors (Lipinski definition) is 1. The fourth-order valence-electron chi connectivity index (χ4n) is 1.20. The molecule has 0 aromatic heterocycles. The molecule has 0 aliphatic rings. The topological polar surface area (TPSA) is 20.2 Å². The van der Waals surface area contributed by atoms with E-state index < -0.39 is 0 Å². The number of phenolic OH excluding ortho intramolecular Hbond substituents is 1. The van der Waals surface area contributed by atoms with Crippen LogP contribution >= 0.6 is 0 Å². The average molecular weight is 162 g/mol. The molecule has 0 aliphatic carbocycles. The smallest absolute Gasteiger partial charge is 0.123 e. The molecule has 0 fully saturated rings. The number of rotatable bonds is 0. The van der Waals surface area contributed by atoms with Crippen LogP contribution in [0.1, 0.15) is 0 Å². The summed E-state index contributed by atoms with van der Waals surface area (Å²) in [6.07, 6.45) is 0. The molecule has 0 saturated carbocycles. The van der Waals surface area contributed by atoms with Crippen molar-refractivity contribution in [3.63, 3.8) is 0 Å². The van der Waals surface area contributed by atoms with Crippen molar-refractivity contribution in [3.8, 4) is 5.75 Å². The summed E-state index contributed by atoms with van der Waals surface area (Å²) in [5.74, 6) is -0.0534. The van der Waals surface area contributed by atoms with Gasteiger partial charge in [0, 0.05) is 0 Å². The first-order chi connectivity index (χ1) is 5.75.